The third kappa shape index (κ3) is 2.17. The van der Waals surface area contributed by atoms with Crippen LogP contribution in [0.2, 0.25) is 0 Å². The normalized spacial score (nSPS) is 44.9. The van der Waals surface area contributed by atoms with Gasteiger partial charge in [0.1, 0.15) is 6.10 Å². The van der Waals surface area contributed by atoms with E-state index in [1.165, 1.54) is 6.92 Å². The van der Waals surface area contributed by atoms with Crippen LogP contribution < -0.4 is 0 Å². The zero-order valence-electron chi connectivity index (χ0n) is 15.3. The van der Waals surface area contributed by atoms with Crippen LogP contribution in [0.15, 0.2) is 23.4 Å². The van der Waals surface area contributed by atoms with E-state index in [4.69, 9.17) is 4.74 Å². The number of hydrogen-bond donors (Lipinski definition) is 0. The average Bonchev–Trinajstić information content (AvgIpc) is 2.99. The van der Waals surface area contributed by atoms with Crippen LogP contribution in [0.1, 0.15) is 59.3 Å². The summed E-state index contributed by atoms with van der Waals surface area (Å²) in [5, 5.41) is 12.0. The van der Waals surface area contributed by atoms with E-state index in [2.05, 4.69) is 19.9 Å². The van der Waals surface area contributed by atoms with Crippen LogP contribution in [0.5, 0.6) is 0 Å². The van der Waals surface area contributed by atoms with Crippen molar-refractivity contribution < 1.29 is 14.5 Å². The monoisotopic (exact) mass is 345 g/mol. The smallest absolute Gasteiger partial charge is 0.302 e. The lowest BCUT2D eigenvalue weighted by molar-refractivity contribution is -0.437. The van der Waals surface area contributed by atoms with Gasteiger partial charge in [-0.1, -0.05) is 26.0 Å². The molecule has 136 valence electrons. The summed E-state index contributed by atoms with van der Waals surface area (Å²) in [6.45, 7) is 5.89. The third-order valence-corrected chi connectivity index (χ3v) is 7.83. The molecule has 0 amide bonds. The van der Waals surface area contributed by atoms with Crippen LogP contribution in [0.3, 0.4) is 0 Å². The number of hydrogen-bond acceptors (Lipinski definition) is 4. The van der Waals surface area contributed by atoms with Gasteiger partial charge in [0.25, 0.3) is 5.70 Å². The number of nitrogens with zero attached hydrogens (tertiary/aromatic N) is 1. The fourth-order valence-corrected chi connectivity index (χ4v) is 6.65. The molecule has 0 radical (unpaired) electrons. The molecule has 25 heavy (non-hydrogen) atoms. The Bertz CT molecular complexity index is 696. The molecular formula is C20H27NO4. The van der Waals surface area contributed by atoms with Crippen LogP contribution in [0.25, 0.3) is 0 Å². The lowest BCUT2D eigenvalue weighted by Gasteiger charge is -2.48. The molecule has 0 aromatic carbocycles. The average molecular weight is 345 g/mol. The van der Waals surface area contributed by atoms with E-state index in [0.717, 1.165) is 44.1 Å². The zero-order chi connectivity index (χ0) is 18.0. The molecule has 0 aromatic rings. The predicted molar refractivity (Wildman–Crippen MR) is 93.1 cm³/mol. The Labute approximate surface area is 148 Å². The number of allylic oxidation sites excluding steroid dienone is 4. The summed E-state index contributed by atoms with van der Waals surface area (Å²) in [5.74, 6) is 0.343. The molecule has 5 nitrogen and oxygen atoms in total. The summed E-state index contributed by atoms with van der Waals surface area (Å²) in [4.78, 5) is 23.4. The molecule has 0 heterocycles. The van der Waals surface area contributed by atoms with Crippen molar-refractivity contribution in [3.8, 4) is 0 Å². The maximum atomic E-state index is 12.0. The van der Waals surface area contributed by atoms with E-state index in [1.807, 2.05) is 6.08 Å². The molecule has 0 spiro atoms. The summed E-state index contributed by atoms with van der Waals surface area (Å²) in [5.41, 5.74) is 1.23. The topological polar surface area (TPSA) is 69.4 Å². The number of carbonyl (C=O) groups is 1. The second-order valence-corrected chi connectivity index (χ2v) is 8.87. The second kappa shape index (κ2) is 5.42. The quantitative estimate of drug-likeness (QED) is 0.426. The maximum absolute atomic E-state index is 12.0. The number of rotatable bonds is 2. The number of ether oxygens (including phenoxy) is 1. The fourth-order valence-electron chi connectivity index (χ4n) is 6.65. The van der Waals surface area contributed by atoms with E-state index < -0.39 is 0 Å². The molecule has 4 rings (SSSR count). The predicted octanol–water partition coefficient (Wildman–Crippen LogP) is 4.26. The van der Waals surface area contributed by atoms with Gasteiger partial charge in [0.15, 0.2) is 0 Å². The van der Waals surface area contributed by atoms with Crippen molar-refractivity contribution in [2.75, 3.05) is 0 Å². The SMILES string of the molecule is CC(=O)O[C@H]1CC[C@H]2[C@@H]3C([N+](=O)[O-])=C4C=CCC[C@]4(C)[C@H]3CC[C@]12C. The highest BCUT2D eigenvalue weighted by molar-refractivity contribution is 5.66. The summed E-state index contributed by atoms with van der Waals surface area (Å²) in [6, 6.07) is 0. The minimum absolute atomic E-state index is 0.00272. The molecule has 2 fully saturated rings. The third-order valence-electron chi connectivity index (χ3n) is 7.83. The summed E-state index contributed by atoms with van der Waals surface area (Å²) < 4.78 is 5.63. The Hall–Kier alpha value is -1.65. The first-order valence-electron chi connectivity index (χ1n) is 9.52. The minimum Gasteiger partial charge on any atom is -0.462 e. The highest BCUT2D eigenvalue weighted by atomic mass is 16.6. The van der Waals surface area contributed by atoms with Crippen LogP contribution >= 0.6 is 0 Å². The summed E-state index contributed by atoms with van der Waals surface area (Å²) in [7, 11) is 0. The lowest BCUT2D eigenvalue weighted by atomic mass is 9.55. The molecule has 0 aliphatic heterocycles. The first-order valence-corrected chi connectivity index (χ1v) is 9.52. The van der Waals surface area contributed by atoms with Gasteiger partial charge in [-0.3, -0.25) is 14.9 Å². The van der Waals surface area contributed by atoms with Gasteiger partial charge in [-0.15, -0.1) is 0 Å². The van der Waals surface area contributed by atoms with Crippen LogP contribution in [-0.4, -0.2) is 17.0 Å². The maximum Gasteiger partial charge on any atom is 0.302 e. The van der Waals surface area contributed by atoms with Crippen LogP contribution in [0.4, 0.5) is 0 Å². The van der Waals surface area contributed by atoms with Crippen molar-refractivity contribution in [3.05, 3.63) is 33.5 Å². The summed E-state index contributed by atoms with van der Waals surface area (Å²) in [6.07, 6.45) is 9.76. The van der Waals surface area contributed by atoms with Crippen molar-refractivity contribution in [3.63, 3.8) is 0 Å². The van der Waals surface area contributed by atoms with Gasteiger partial charge in [-0.25, -0.2) is 0 Å². The van der Waals surface area contributed by atoms with Crippen molar-refractivity contribution in [2.45, 2.75) is 65.4 Å². The van der Waals surface area contributed by atoms with Gasteiger partial charge < -0.3 is 4.74 Å². The van der Waals surface area contributed by atoms with Gasteiger partial charge in [-0.05, 0) is 50.4 Å². The van der Waals surface area contributed by atoms with Crippen LogP contribution in [-0.2, 0) is 9.53 Å². The number of esters is 1. The largest absolute Gasteiger partial charge is 0.462 e. The number of carbonyl (C=O) groups excluding carboxylic acids is 1. The second-order valence-electron chi connectivity index (χ2n) is 8.87. The Morgan fingerprint density at radius 1 is 1.24 bits per heavy atom. The highest BCUT2D eigenvalue weighted by Gasteiger charge is 2.65. The van der Waals surface area contributed by atoms with E-state index >= 15 is 0 Å². The van der Waals surface area contributed by atoms with Crippen molar-refractivity contribution in [1.82, 2.24) is 0 Å². The Balaban J connectivity index is 1.77. The van der Waals surface area contributed by atoms with E-state index in [1.54, 1.807) is 0 Å². The molecule has 0 aromatic heterocycles. The molecule has 0 bridgehead atoms. The van der Waals surface area contributed by atoms with Gasteiger partial charge in [0.2, 0.25) is 0 Å². The molecule has 0 unspecified atom stereocenters. The number of nitro groups is 1. The van der Waals surface area contributed by atoms with Gasteiger partial charge in [0.05, 0.1) is 10.8 Å². The van der Waals surface area contributed by atoms with E-state index in [-0.39, 0.29) is 39.7 Å². The molecule has 4 aliphatic rings. The molecule has 6 atom stereocenters. The van der Waals surface area contributed by atoms with E-state index in [9.17, 15) is 14.9 Å². The first-order chi connectivity index (χ1) is 11.8. The van der Waals surface area contributed by atoms with Crippen LogP contribution in [0, 0.1) is 38.7 Å². The zero-order valence-corrected chi connectivity index (χ0v) is 15.3. The molecule has 5 heteroatoms. The Kier molecular flexibility index (Phi) is 3.64. The van der Waals surface area contributed by atoms with Gasteiger partial charge in [0, 0.05) is 23.3 Å². The van der Waals surface area contributed by atoms with E-state index in [0.29, 0.717) is 11.6 Å². The minimum atomic E-state index is -0.239. The van der Waals surface area contributed by atoms with Crippen molar-refractivity contribution >= 4 is 5.97 Å². The van der Waals surface area contributed by atoms with Gasteiger partial charge >= 0.3 is 5.97 Å². The van der Waals surface area contributed by atoms with Crippen molar-refractivity contribution in [2.24, 2.45) is 28.6 Å². The lowest BCUT2D eigenvalue weighted by Crippen LogP contribution is -2.46. The molecule has 0 saturated heterocycles. The summed E-state index contributed by atoms with van der Waals surface area (Å²) >= 11 is 0. The standard InChI is InChI=1S/C20H27NO4/c1-12(22)25-16-8-7-13-17-14(9-11-20(13,16)3)19(2)10-5-4-6-15(19)18(17)21(23)24/h4,6,13-14,16-17H,5,7-11H2,1-3H3/t13-,14-,16-,17-,19+,20-/m0/s1. The highest BCUT2D eigenvalue weighted by Crippen LogP contribution is 2.67. The molecule has 2 saturated carbocycles. The molecule has 0 N–H and O–H groups in total. The Morgan fingerprint density at radius 2 is 2.00 bits per heavy atom. The fraction of sp³-hybridized carbons (Fsp3) is 0.750. The first kappa shape index (κ1) is 16.8. The van der Waals surface area contributed by atoms with Crippen molar-refractivity contribution in [1.29, 1.82) is 0 Å². The van der Waals surface area contributed by atoms with Gasteiger partial charge in [-0.2, -0.15) is 0 Å². The molecule has 4 aliphatic carbocycles. The Morgan fingerprint density at radius 3 is 2.68 bits per heavy atom. The number of fused-ring (bicyclic) bond motifs is 5. The molecular weight excluding hydrogens is 318 g/mol.